The lowest BCUT2D eigenvalue weighted by molar-refractivity contribution is 0.0329. The number of carbonyl (C=O) groups is 4. The predicted molar refractivity (Wildman–Crippen MR) is 555 cm³/mol. The number of benzene rings is 4. The van der Waals surface area contributed by atoms with Gasteiger partial charge in [-0.3, -0.25) is 9.59 Å². The van der Waals surface area contributed by atoms with Crippen molar-refractivity contribution in [1.29, 1.82) is 0 Å². The van der Waals surface area contributed by atoms with Gasteiger partial charge in [-0.05, 0) is 242 Å². The molecule has 8 aliphatic carbocycles. The Morgan fingerprint density at radius 1 is 0.246 bits per heavy atom. The Bertz CT molecular complexity index is 3600. The van der Waals surface area contributed by atoms with Crippen molar-refractivity contribution in [2.24, 2.45) is 23.7 Å². The highest BCUT2D eigenvalue weighted by molar-refractivity contribution is 5.96. The second-order valence-electron chi connectivity index (χ2n) is 41.6. The maximum atomic E-state index is 14.9. The Hall–Kier alpha value is -6.28. The predicted octanol–water partition coefficient (Wildman–Crippen LogP) is 35.2. The van der Waals surface area contributed by atoms with Crippen LogP contribution in [0.2, 0.25) is 0 Å². The van der Waals surface area contributed by atoms with Gasteiger partial charge >= 0.3 is 11.9 Å². The Balaban J connectivity index is 0.890. The second kappa shape index (κ2) is 64.6. The number of rotatable bonds is 76. The largest absolute Gasteiger partial charge is 0.457 e. The topological polar surface area (TPSA) is 111 Å². The number of esters is 2. The van der Waals surface area contributed by atoms with Gasteiger partial charge in [0, 0.05) is 11.1 Å². The van der Waals surface area contributed by atoms with E-state index in [-0.39, 0.29) is 84.2 Å². The van der Waals surface area contributed by atoms with Gasteiger partial charge in [-0.25, -0.2) is 9.59 Å². The third-order valence-corrected chi connectivity index (χ3v) is 30.8. The van der Waals surface area contributed by atoms with Crippen molar-refractivity contribution >= 4 is 23.8 Å². The van der Waals surface area contributed by atoms with Crippen LogP contribution in [-0.2, 0) is 48.0 Å². The third-order valence-electron chi connectivity index (χ3n) is 30.8. The van der Waals surface area contributed by atoms with Crippen molar-refractivity contribution in [1.82, 2.24) is 10.6 Å². The van der Waals surface area contributed by atoms with Crippen LogP contribution in [0, 0.1) is 23.7 Å². The van der Waals surface area contributed by atoms with Gasteiger partial charge in [0.25, 0.3) is 11.8 Å². The molecule has 8 unspecified atom stereocenters. The Kier molecular flexibility index (Phi) is 53.4. The van der Waals surface area contributed by atoms with Gasteiger partial charge in [0.15, 0.2) is 0 Å². The normalized spacial score (nSPS) is 18.3. The van der Waals surface area contributed by atoms with E-state index in [4.69, 9.17) is 9.47 Å². The SMILES string of the molecule is CCCCCCCCCCCCc1cc(C(=O)NC[C@@H](C)OC(=O)c2ccc3c(c2)C2C4C=CC=CC4C3C3c4ccc(C(=O)O[C@H](C)CNC(=O)c5cc(CCCCCCCCCCCC)c(CCCCCCCCCCCC)c(CCCCCCCCCCCC)c5)cc4C2C2C=CC=CC23)cc(CCCCCCCCCCCC)c1CCCCCCCCCCCC. The number of hydrogen-bond donors (Lipinski definition) is 2. The summed E-state index contributed by atoms with van der Waals surface area (Å²) in [5, 5.41) is 6.60. The van der Waals surface area contributed by atoms with Crippen molar-refractivity contribution in [2.75, 3.05) is 13.1 Å². The number of aryl methyl sites for hydroxylation is 4. The molecular formula is C122H190N2O6. The van der Waals surface area contributed by atoms with E-state index >= 15 is 0 Å². The summed E-state index contributed by atoms with van der Waals surface area (Å²) >= 11 is 0. The number of hydrogen-bond acceptors (Lipinski definition) is 6. The highest BCUT2D eigenvalue weighted by Crippen LogP contribution is 2.69. The van der Waals surface area contributed by atoms with Gasteiger partial charge in [0.05, 0.1) is 24.2 Å². The van der Waals surface area contributed by atoms with E-state index in [0.29, 0.717) is 11.1 Å². The van der Waals surface area contributed by atoms with Crippen LogP contribution in [0.15, 0.2) is 109 Å². The van der Waals surface area contributed by atoms with E-state index in [2.05, 4.69) is 149 Å². The molecule has 0 spiro atoms. The van der Waals surface area contributed by atoms with Crippen LogP contribution < -0.4 is 10.6 Å². The quantitative estimate of drug-likeness (QED) is 0.0337. The lowest BCUT2D eigenvalue weighted by Gasteiger charge is -2.59. The molecule has 4 aromatic rings. The van der Waals surface area contributed by atoms with Crippen LogP contribution in [0.25, 0.3) is 0 Å². The summed E-state index contributed by atoms with van der Waals surface area (Å²) in [6, 6.07) is 21.8. The summed E-state index contributed by atoms with van der Waals surface area (Å²) in [7, 11) is 0. The summed E-state index contributed by atoms with van der Waals surface area (Å²) in [5.41, 5.74) is 16.1. The molecule has 10 atom stereocenters. The molecule has 8 aliphatic rings. The standard InChI is InChI=1S/C122H190N2O6/c1-9-15-21-27-33-39-45-51-57-63-73-97-87-103(88-98(74-64-58-52-46-40-34-28-22-16-10-2)105(97)77-67-61-55-49-43-37-31-25-19-13-5)119(125)123-93-95(7)129-121(127)101-83-85-111-113(91-101)117-109-81-71-69-79-107(109)115(111)116-108-80-70-72-82-110(108)118(117)114-92-102(84-86-112(114)116)122(128)130-96(8)94-124-120(126)104-89-99(75-65-59-53-47-41-35-29-23-17-11-3)106(78-68-62-56-50-44-38-32-26-20-14-6)100(90-104)76-66-60-54-48-42-36-30-24-18-12-4/h69-72,79-92,95-96,107-110,115-118H,9-68,73-78,93-94H2,1-8H3,(H,123,125)(H,124,126)/t95-,96-,107?,108?,109?,110?,115?,116?,117?,118?/m1/s1. The molecule has 0 saturated heterocycles. The summed E-state index contributed by atoms with van der Waals surface area (Å²) in [6.07, 6.45) is 102. The zero-order valence-corrected chi connectivity index (χ0v) is 84.7. The fourth-order valence-electron chi connectivity index (χ4n) is 23.3. The average molecular weight is 1780 g/mol. The summed E-state index contributed by atoms with van der Waals surface area (Å²) in [6.45, 7) is 18.1. The Labute approximate surface area is 797 Å². The lowest BCUT2D eigenvalue weighted by atomic mass is 9.44. The first-order valence-electron chi connectivity index (χ1n) is 56.2. The minimum atomic E-state index is -0.575. The number of carbonyl (C=O) groups excluding carboxylic acids is 4. The number of amides is 2. The van der Waals surface area contributed by atoms with Crippen LogP contribution in [0.5, 0.6) is 0 Å². The van der Waals surface area contributed by atoms with E-state index in [9.17, 15) is 19.2 Å². The van der Waals surface area contributed by atoms with Crippen LogP contribution >= 0.6 is 0 Å². The minimum Gasteiger partial charge on any atom is -0.457 e. The highest BCUT2D eigenvalue weighted by atomic mass is 16.5. The molecule has 8 nitrogen and oxygen atoms in total. The molecule has 1 saturated carbocycles. The Morgan fingerprint density at radius 3 is 0.669 bits per heavy atom. The molecular weight excluding hydrogens is 1590 g/mol. The van der Waals surface area contributed by atoms with Crippen LogP contribution in [0.3, 0.4) is 0 Å². The van der Waals surface area contributed by atoms with E-state index in [1.165, 1.54) is 415 Å². The van der Waals surface area contributed by atoms with Gasteiger partial charge in [-0.1, -0.05) is 449 Å². The molecule has 0 aromatic heterocycles. The van der Waals surface area contributed by atoms with Gasteiger partial charge in [-0.15, -0.1) is 0 Å². The number of unbranched alkanes of at least 4 members (excludes halogenated alkanes) is 54. The molecule has 2 N–H and O–H groups in total. The summed E-state index contributed by atoms with van der Waals surface area (Å²) in [5.74, 6) is 0.0570. The first-order chi connectivity index (χ1) is 63.9. The maximum absolute atomic E-state index is 14.9. The van der Waals surface area contributed by atoms with E-state index < -0.39 is 12.2 Å². The van der Waals surface area contributed by atoms with Crippen LogP contribution in [0.4, 0.5) is 0 Å². The monoisotopic (exact) mass is 1780 g/mol. The van der Waals surface area contributed by atoms with Gasteiger partial charge in [0.1, 0.15) is 12.2 Å². The van der Waals surface area contributed by atoms with Crippen molar-refractivity contribution < 1.29 is 28.7 Å². The lowest BCUT2D eigenvalue weighted by Crippen LogP contribution is -2.49. The van der Waals surface area contributed by atoms with Crippen LogP contribution in [-0.4, -0.2) is 49.1 Å². The van der Waals surface area contributed by atoms with E-state index in [1.807, 2.05) is 26.0 Å². The van der Waals surface area contributed by atoms with Crippen LogP contribution in [0.1, 0.15) is 561 Å². The number of allylic oxidation sites excluding steroid dienone is 8. The smallest absolute Gasteiger partial charge is 0.338 e. The Morgan fingerprint density at radius 2 is 0.446 bits per heavy atom. The van der Waals surface area contributed by atoms with Crippen molar-refractivity contribution in [3.8, 4) is 0 Å². The minimum absolute atomic E-state index is 0.0168. The molecule has 1 fully saturated rings. The van der Waals surface area contributed by atoms with Gasteiger partial charge < -0.3 is 20.1 Å². The highest BCUT2D eigenvalue weighted by Gasteiger charge is 2.58. The van der Waals surface area contributed by atoms with Gasteiger partial charge in [0.2, 0.25) is 0 Å². The average Bonchev–Trinajstić information content (AvgIpc) is 0.685. The molecule has 0 radical (unpaired) electrons. The number of ether oxygens (including phenoxy) is 2. The molecule has 2 amide bonds. The van der Waals surface area contributed by atoms with Crippen molar-refractivity contribution in [2.45, 2.75) is 515 Å². The fourth-order valence-corrected chi connectivity index (χ4v) is 23.3. The fraction of sp³-hybridized carbons (Fsp3) is 0.705. The molecule has 12 rings (SSSR count). The van der Waals surface area contributed by atoms with E-state index in [1.54, 1.807) is 0 Å². The molecule has 4 bridgehead atoms. The summed E-state index contributed by atoms with van der Waals surface area (Å²) < 4.78 is 12.9. The van der Waals surface area contributed by atoms with Gasteiger partial charge in [-0.2, -0.15) is 0 Å². The van der Waals surface area contributed by atoms with Crippen molar-refractivity contribution in [3.63, 3.8) is 0 Å². The second-order valence-corrected chi connectivity index (χ2v) is 41.6. The van der Waals surface area contributed by atoms with E-state index in [0.717, 1.165) is 75.3 Å². The molecule has 724 valence electrons. The molecule has 0 heterocycles. The first kappa shape index (κ1) is 107. The molecule has 0 aliphatic heterocycles. The zero-order chi connectivity index (χ0) is 91.8. The van der Waals surface area contributed by atoms with Crippen molar-refractivity contribution in [3.05, 3.63) is 187 Å². The zero-order valence-electron chi connectivity index (χ0n) is 84.7. The first-order valence-corrected chi connectivity index (χ1v) is 56.2. The molecule has 4 aromatic carbocycles. The third kappa shape index (κ3) is 36.7. The molecule has 130 heavy (non-hydrogen) atoms. The molecule has 8 heteroatoms. The maximum Gasteiger partial charge on any atom is 0.338 e. The number of nitrogens with one attached hydrogen (secondary N) is 2. The summed E-state index contributed by atoms with van der Waals surface area (Å²) in [4.78, 5) is 59.5.